The summed E-state index contributed by atoms with van der Waals surface area (Å²) in [5.41, 5.74) is -0.0952. The molecule has 2 rings (SSSR count). The summed E-state index contributed by atoms with van der Waals surface area (Å²) in [6.07, 6.45) is 4.35. The number of hydrogen-bond donors (Lipinski definition) is 1. The number of halogens is 2. The molecular weight excluding hydrogens is 316 g/mol. The normalized spacial score (nSPS) is 13.7. The maximum atomic E-state index is 12.6. The highest BCUT2D eigenvalue weighted by Gasteiger charge is 2.23. The lowest BCUT2D eigenvalue weighted by Crippen LogP contribution is -2.30. The molecule has 0 fully saturated rings. The fourth-order valence-electron chi connectivity index (χ4n) is 1.99. The Hall–Kier alpha value is -1.81. The molecule has 0 saturated carbocycles. The van der Waals surface area contributed by atoms with Gasteiger partial charge in [0.05, 0.1) is 11.9 Å². The lowest BCUT2D eigenvalue weighted by Gasteiger charge is -2.13. The Labute approximate surface area is 127 Å². The van der Waals surface area contributed by atoms with E-state index in [1.807, 2.05) is 6.92 Å². The molecule has 2 aromatic rings. The van der Waals surface area contributed by atoms with Crippen LogP contribution in [-0.2, 0) is 16.6 Å². The van der Waals surface area contributed by atoms with Gasteiger partial charge in [-0.2, -0.15) is 19.0 Å². The van der Waals surface area contributed by atoms with E-state index in [1.165, 1.54) is 6.92 Å². The quantitative estimate of drug-likeness (QED) is 0.830. The molecule has 2 aromatic heterocycles. The van der Waals surface area contributed by atoms with E-state index in [2.05, 4.69) is 14.9 Å². The molecule has 0 spiro atoms. The fourth-order valence-corrected chi connectivity index (χ4v) is 3.32. The Morgan fingerprint density at radius 1 is 1.36 bits per heavy atom. The molecule has 1 N–H and O–H groups in total. The van der Waals surface area contributed by atoms with Gasteiger partial charge in [-0.05, 0) is 18.9 Å². The average molecular weight is 333 g/mol. The topological polar surface area (TPSA) is 81.8 Å². The van der Waals surface area contributed by atoms with E-state index in [0.29, 0.717) is 11.2 Å². The van der Waals surface area contributed by atoms with Crippen molar-refractivity contribution < 1.29 is 17.2 Å². The van der Waals surface area contributed by atoms with Gasteiger partial charge in [-0.3, -0.25) is 4.68 Å². The van der Waals surface area contributed by atoms with E-state index in [1.54, 1.807) is 23.1 Å². The van der Waals surface area contributed by atoms with Crippen molar-refractivity contribution in [2.24, 2.45) is 5.92 Å². The monoisotopic (exact) mass is 333 g/mol. The van der Waals surface area contributed by atoms with Crippen LogP contribution in [0.2, 0.25) is 0 Å². The second kappa shape index (κ2) is 6.53. The van der Waals surface area contributed by atoms with Crippen LogP contribution in [0.25, 0.3) is 0 Å². The van der Waals surface area contributed by atoms with Crippen LogP contribution in [0.15, 0.2) is 29.6 Å². The second-order valence-electron chi connectivity index (χ2n) is 5.00. The minimum atomic E-state index is -3.87. The van der Waals surface area contributed by atoms with Crippen LogP contribution >= 0.6 is 0 Å². The molecule has 0 aliphatic rings. The molecule has 0 aliphatic carbocycles. The molecule has 0 aromatic carbocycles. The summed E-state index contributed by atoms with van der Waals surface area (Å²) < 4.78 is 54.1. The Morgan fingerprint density at radius 2 is 2.09 bits per heavy atom. The average Bonchev–Trinajstić information content (AvgIpc) is 3.06. The summed E-state index contributed by atoms with van der Waals surface area (Å²) in [6.45, 7) is 0.995. The Balaban J connectivity index is 2.02. The first-order chi connectivity index (χ1) is 10.3. The molecule has 0 unspecified atom stereocenters. The molecule has 2 heterocycles. The van der Waals surface area contributed by atoms with Gasteiger partial charge in [0.25, 0.3) is 0 Å². The molecule has 22 heavy (non-hydrogen) atoms. The van der Waals surface area contributed by atoms with Gasteiger partial charge in [-0.1, -0.05) is 6.92 Å². The van der Waals surface area contributed by atoms with Crippen molar-refractivity contribution in [3.8, 4) is 0 Å². The second-order valence-corrected chi connectivity index (χ2v) is 6.74. The van der Waals surface area contributed by atoms with Crippen LogP contribution in [0.1, 0.15) is 19.2 Å². The Kier molecular flexibility index (Phi) is 4.91. The minimum Gasteiger partial charge on any atom is -0.272 e. The summed E-state index contributed by atoms with van der Waals surface area (Å²) in [5.74, 6) is -0.0138. The van der Waals surface area contributed by atoms with Crippen molar-refractivity contribution in [2.75, 3.05) is 6.54 Å². The summed E-state index contributed by atoms with van der Waals surface area (Å²) in [5, 5.41) is 7.44. The van der Waals surface area contributed by atoms with Crippen molar-refractivity contribution in [2.45, 2.75) is 31.8 Å². The van der Waals surface area contributed by atoms with Crippen LogP contribution in [0, 0.1) is 12.8 Å². The summed E-state index contributed by atoms with van der Waals surface area (Å²) in [4.78, 5) is -0.237. The largest absolute Gasteiger partial charge is 0.333 e. The fraction of sp³-hybridized carbons (Fsp3) is 0.500. The number of hydrogen-bond acceptors (Lipinski definition) is 4. The molecule has 0 radical (unpaired) electrons. The van der Waals surface area contributed by atoms with Crippen molar-refractivity contribution in [3.63, 3.8) is 0 Å². The number of nitrogens with zero attached hydrogens (tertiary/aromatic N) is 4. The van der Waals surface area contributed by atoms with E-state index in [0.717, 1.165) is 6.20 Å². The number of nitrogens with one attached hydrogen (secondary N) is 1. The van der Waals surface area contributed by atoms with Gasteiger partial charge in [0.15, 0.2) is 0 Å². The molecule has 0 amide bonds. The highest BCUT2D eigenvalue weighted by Crippen LogP contribution is 2.19. The zero-order chi connectivity index (χ0) is 16.3. The lowest BCUT2D eigenvalue weighted by atomic mass is 10.2. The van der Waals surface area contributed by atoms with Gasteiger partial charge in [0.2, 0.25) is 10.0 Å². The van der Waals surface area contributed by atoms with Gasteiger partial charge in [0, 0.05) is 25.5 Å². The first-order valence-electron chi connectivity index (χ1n) is 6.60. The van der Waals surface area contributed by atoms with Gasteiger partial charge >= 0.3 is 6.55 Å². The third kappa shape index (κ3) is 3.69. The zero-order valence-electron chi connectivity index (χ0n) is 12.1. The van der Waals surface area contributed by atoms with Crippen molar-refractivity contribution in [1.29, 1.82) is 0 Å². The molecule has 0 bridgehead atoms. The first-order valence-corrected chi connectivity index (χ1v) is 8.09. The first kappa shape index (κ1) is 16.6. The molecular formula is C12H17F2N5O2S. The van der Waals surface area contributed by atoms with Crippen molar-refractivity contribution in [3.05, 3.63) is 30.4 Å². The Morgan fingerprint density at radius 3 is 2.64 bits per heavy atom. The van der Waals surface area contributed by atoms with Crippen LogP contribution in [0.5, 0.6) is 0 Å². The number of sulfonamides is 1. The van der Waals surface area contributed by atoms with E-state index in [4.69, 9.17) is 0 Å². The summed E-state index contributed by atoms with van der Waals surface area (Å²) in [7, 11) is -3.87. The van der Waals surface area contributed by atoms with E-state index < -0.39 is 16.6 Å². The predicted molar refractivity (Wildman–Crippen MR) is 74.8 cm³/mol. The summed E-state index contributed by atoms with van der Waals surface area (Å²) >= 11 is 0. The van der Waals surface area contributed by atoms with Crippen LogP contribution in [-0.4, -0.2) is 34.5 Å². The maximum absolute atomic E-state index is 12.6. The molecule has 10 heteroatoms. The molecule has 1 atom stereocenters. The van der Waals surface area contributed by atoms with Gasteiger partial charge in [-0.15, -0.1) is 0 Å². The van der Waals surface area contributed by atoms with Gasteiger partial charge < -0.3 is 0 Å². The SMILES string of the molecule is Cc1c(S(=O)(=O)NC[C@@H](C)Cn2cccn2)cnn1C(F)F. The van der Waals surface area contributed by atoms with Crippen LogP contribution in [0.3, 0.4) is 0 Å². The molecule has 0 saturated heterocycles. The number of rotatable bonds is 7. The van der Waals surface area contributed by atoms with E-state index in [-0.39, 0.29) is 23.1 Å². The van der Waals surface area contributed by atoms with E-state index in [9.17, 15) is 17.2 Å². The highest BCUT2D eigenvalue weighted by molar-refractivity contribution is 7.89. The maximum Gasteiger partial charge on any atom is 0.333 e. The molecule has 122 valence electrons. The standard InChI is InChI=1S/C12H17F2N5O2S/c1-9(8-18-5-3-4-15-18)6-17-22(20,21)11-7-16-19(10(11)2)12(13)14/h3-5,7,9,12,17H,6,8H2,1-2H3/t9-/m1/s1. The smallest absolute Gasteiger partial charge is 0.272 e. The number of aromatic nitrogens is 4. The number of alkyl halides is 2. The molecule has 0 aliphatic heterocycles. The lowest BCUT2D eigenvalue weighted by molar-refractivity contribution is 0.0541. The van der Waals surface area contributed by atoms with Gasteiger partial charge in [-0.25, -0.2) is 17.8 Å². The van der Waals surface area contributed by atoms with Crippen LogP contribution < -0.4 is 4.72 Å². The zero-order valence-corrected chi connectivity index (χ0v) is 13.0. The van der Waals surface area contributed by atoms with Crippen molar-refractivity contribution >= 4 is 10.0 Å². The van der Waals surface area contributed by atoms with Crippen LogP contribution in [0.4, 0.5) is 8.78 Å². The third-order valence-corrected chi connectivity index (χ3v) is 4.68. The Bertz CT molecular complexity index is 712. The van der Waals surface area contributed by atoms with E-state index >= 15 is 0 Å². The minimum absolute atomic E-state index is 0.0138. The van der Waals surface area contributed by atoms with Crippen molar-refractivity contribution in [1.82, 2.24) is 24.3 Å². The third-order valence-electron chi connectivity index (χ3n) is 3.15. The summed E-state index contributed by atoms with van der Waals surface area (Å²) in [6, 6.07) is 1.78. The highest BCUT2D eigenvalue weighted by atomic mass is 32.2. The molecule has 7 nitrogen and oxygen atoms in total. The predicted octanol–water partition coefficient (Wildman–Crippen LogP) is 1.40. The van der Waals surface area contributed by atoms with Gasteiger partial charge in [0.1, 0.15) is 4.90 Å².